The third-order valence-corrected chi connectivity index (χ3v) is 6.41. The van der Waals surface area contributed by atoms with Crippen molar-refractivity contribution in [2.45, 2.75) is 64.9 Å². The van der Waals surface area contributed by atoms with Gasteiger partial charge >= 0.3 is 5.97 Å². The van der Waals surface area contributed by atoms with E-state index in [1.54, 1.807) is 23.8 Å². The Bertz CT molecular complexity index is 1420. The number of ether oxygens (including phenoxy) is 1. The van der Waals surface area contributed by atoms with Gasteiger partial charge in [0.2, 0.25) is 0 Å². The van der Waals surface area contributed by atoms with Gasteiger partial charge in [-0.25, -0.2) is 4.98 Å². The summed E-state index contributed by atoms with van der Waals surface area (Å²) in [4.78, 5) is 36.1. The minimum atomic E-state index is -1.47. The van der Waals surface area contributed by atoms with Gasteiger partial charge in [0, 0.05) is 16.5 Å². The van der Waals surface area contributed by atoms with Crippen LogP contribution >= 0.6 is 0 Å². The first-order valence-corrected chi connectivity index (χ1v) is 11.4. The molecule has 0 spiro atoms. The molecule has 0 aliphatic carbocycles. The van der Waals surface area contributed by atoms with Crippen LogP contribution in [0.25, 0.3) is 22.3 Å². The zero-order valence-electron chi connectivity index (χ0n) is 19.7. The van der Waals surface area contributed by atoms with E-state index in [2.05, 4.69) is 5.16 Å². The lowest BCUT2D eigenvalue weighted by Gasteiger charge is -2.26. The molecule has 176 valence electrons. The number of aliphatic hydroxyl groups is 1. The summed E-state index contributed by atoms with van der Waals surface area (Å²) in [5, 5.41) is 16.4. The molecule has 0 saturated carbocycles. The molecule has 0 fully saturated rings. The predicted octanol–water partition coefficient (Wildman–Crippen LogP) is 3.62. The average molecular weight is 462 g/mol. The van der Waals surface area contributed by atoms with Crippen molar-refractivity contribution in [3.05, 3.63) is 62.9 Å². The lowest BCUT2D eigenvalue weighted by atomic mass is 9.85. The van der Waals surface area contributed by atoms with Crippen LogP contribution in [0.3, 0.4) is 0 Å². The SMILES string of the molecule is CC[C@]1(O)CC(=O)OCc2c1cc1n(c2=O)Cc2c-1nc1ccccc1c2/C=N/OC(C)(C)C. The van der Waals surface area contributed by atoms with Crippen LogP contribution in [-0.2, 0) is 33.1 Å². The van der Waals surface area contributed by atoms with Crippen molar-refractivity contribution >= 4 is 23.1 Å². The summed E-state index contributed by atoms with van der Waals surface area (Å²) in [5.74, 6) is -0.521. The monoisotopic (exact) mass is 461 g/mol. The summed E-state index contributed by atoms with van der Waals surface area (Å²) in [6, 6.07) is 9.52. The highest BCUT2D eigenvalue weighted by atomic mass is 16.6. The number of carbonyl (C=O) groups is 1. The molecule has 4 heterocycles. The van der Waals surface area contributed by atoms with Crippen LogP contribution in [0.4, 0.5) is 0 Å². The fourth-order valence-corrected chi connectivity index (χ4v) is 4.64. The number of pyridine rings is 2. The van der Waals surface area contributed by atoms with E-state index < -0.39 is 17.2 Å². The van der Waals surface area contributed by atoms with Crippen LogP contribution in [0.2, 0.25) is 0 Å². The molecular weight excluding hydrogens is 434 g/mol. The third-order valence-electron chi connectivity index (χ3n) is 6.41. The Morgan fingerprint density at radius 1 is 1.26 bits per heavy atom. The molecule has 1 aromatic carbocycles. The number of hydrogen-bond donors (Lipinski definition) is 1. The second kappa shape index (κ2) is 7.77. The normalized spacial score (nSPS) is 19.5. The van der Waals surface area contributed by atoms with Gasteiger partial charge in [-0.3, -0.25) is 9.59 Å². The van der Waals surface area contributed by atoms with Gasteiger partial charge < -0.3 is 19.2 Å². The first-order chi connectivity index (χ1) is 16.1. The van der Waals surface area contributed by atoms with Crippen molar-refractivity contribution in [2.24, 2.45) is 5.16 Å². The molecule has 0 bridgehead atoms. The number of hydrogen-bond acceptors (Lipinski definition) is 7. The quantitative estimate of drug-likeness (QED) is 0.284. The maximum Gasteiger partial charge on any atom is 0.309 e. The number of fused-ring (bicyclic) bond motifs is 5. The molecule has 2 aromatic heterocycles. The second-order valence-electron chi connectivity index (χ2n) is 9.84. The van der Waals surface area contributed by atoms with Crippen molar-refractivity contribution in [2.75, 3.05) is 0 Å². The molecule has 34 heavy (non-hydrogen) atoms. The molecule has 0 amide bonds. The van der Waals surface area contributed by atoms with Gasteiger partial charge in [0.15, 0.2) is 0 Å². The van der Waals surface area contributed by atoms with Crippen molar-refractivity contribution in [3.63, 3.8) is 0 Å². The maximum atomic E-state index is 13.6. The van der Waals surface area contributed by atoms with E-state index in [1.807, 2.05) is 45.0 Å². The number of carbonyl (C=O) groups excluding carboxylic acids is 1. The smallest absolute Gasteiger partial charge is 0.309 e. The zero-order chi connectivity index (χ0) is 24.3. The fraction of sp³-hybridized carbons (Fsp3) is 0.385. The molecule has 2 aliphatic heterocycles. The van der Waals surface area contributed by atoms with Gasteiger partial charge in [-0.1, -0.05) is 30.3 Å². The van der Waals surface area contributed by atoms with Crippen LogP contribution in [0.5, 0.6) is 0 Å². The predicted molar refractivity (Wildman–Crippen MR) is 128 cm³/mol. The number of aromatic nitrogens is 2. The summed E-state index contributed by atoms with van der Waals surface area (Å²) in [6.07, 6.45) is 1.76. The molecule has 8 nitrogen and oxygen atoms in total. The highest BCUT2D eigenvalue weighted by Crippen LogP contribution is 2.40. The standard InChI is InChI=1S/C26H27N3O5/c1-5-26(32)11-22(30)33-14-18-19(26)10-21-23-17(13-29(21)24(18)31)16(12-27-34-25(2,3)4)15-8-6-7-9-20(15)28-23/h6-10,12,32H,5,11,13-14H2,1-4H3/b27-12+/t26-/m0/s1. The Balaban J connectivity index is 1.74. The van der Waals surface area contributed by atoms with Crippen molar-refractivity contribution in [1.29, 1.82) is 0 Å². The fourth-order valence-electron chi connectivity index (χ4n) is 4.64. The van der Waals surface area contributed by atoms with Gasteiger partial charge in [0.1, 0.15) is 17.8 Å². The van der Waals surface area contributed by atoms with E-state index in [0.717, 1.165) is 22.0 Å². The molecule has 8 heteroatoms. The molecule has 3 aromatic rings. The van der Waals surface area contributed by atoms with E-state index in [0.29, 0.717) is 29.1 Å². The Labute approximate surface area is 196 Å². The van der Waals surface area contributed by atoms with Crippen LogP contribution in [0.15, 0.2) is 40.3 Å². The highest BCUT2D eigenvalue weighted by Gasteiger charge is 2.39. The number of cyclic esters (lactones) is 1. The number of nitrogens with zero attached hydrogens (tertiary/aromatic N) is 3. The minimum absolute atomic E-state index is 0.158. The summed E-state index contributed by atoms with van der Waals surface area (Å²) in [5.41, 5.74) is 2.26. The first-order valence-electron chi connectivity index (χ1n) is 11.4. The second-order valence-corrected chi connectivity index (χ2v) is 9.84. The van der Waals surface area contributed by atoms with Gasteiger partial charge in [0.25, 0.3) is 5.56 Å². The Kier molecular flexibility index (Phi) is 5.09. The van der Waals surface area contributed by atoms with Gasteiger partial charge in [-0.15, -0.1) is 0 Å². The molecule has 5 rings (SSSR count). The number of para-hydroxylation sites is 1. The average Bonchev–Trinajstić information content (AvgIpc) is 3.09. The topological polar surface area (TPSA) is 103 Å². The van der Waals surface area contributed by atoms with E-state index >= 15 is 0 Å². The zero-order valence-corrected chi connectivity index (χ0v) is 19.7. The Morgan fingerprint density at radius 2 is 2.03 bits per heavy atom. The lowest BCUT2D eigenvalue weighted by molar-refractivity contribution is -0.149. The molecule has 0 unspecified atom stereocenters. The van der Waals surface area contributed by atoms with E-state index in [-0.39, 0.29) is 25.0 Å². The van der Waals surface area contributed by atoms with Crippen LogP contribution < -0.4 is 5.56 Å². The van der Waals surface area contributed by atoms with E-state index in [1.165, 1.54) is 0 Å². The largest absolute Gasteiger partial charge is 0.460 e. The summed E-state index contributed by atoms with van der Waals surface area (Å²) < 4.78 is 6.88. The number of oxime groups is 1. The Hall–Kier alpha value is -3.52. The summed E-state index contributed by atoms with van der Waals surface area (Å²) in [6.45, 7) is 7.69. The summed E-state index contributed by atoms with van der Waals surface area (Å²) >= 11 is 0. The first kappa shape index (κ1) is 22.3. The van der Waals surface area contributed by atoms with Crippen LogP contribution in [0, 0.1) is 0 Å². The lowest BCUT2D eigenvalue weighted by Crippen LogP contribution is -2.32. The molecular formula is C26H27N3O5. The number of rotatable bonds is 3. The Morgan fingerprint density at radius 3 is 2.76 bits per heavy atom. The van der Waals surface area contributed by atoms with Gasteiger partial charge in [-0.2, -0.15) is 0 Å². The van der Waals surface area contributed by atoms with Gasteiger partial charge in [0.05, 0.1) is 41.6 Å². The molecule has 2 aliphatic rings. The van der Waals surface area contributed by atoms with E-state index in [9.17, 15) is 14.7 Å². The summed E-state index contributed by atoms with van der Waals surface area (Å²) in [7, 11) is 0. The highest BCUT2D eigenvalue weighted by molar-refractivity contribution is 6.02. The molecule has 1 atom stereocenters. The molecule has 1 N–H and O–H groups in total. The van der Waals surface area contributed by atoms with Crippen molar-refractivity contribution < 1.29 is 19.5 Å². The number of benzene rings is 1. The number of esters is 1. The molecule has 0 radical (unpaired) electrons. The minimum Gasteiger partial charge on any atom is -0.460 e. The molecule has 0 saturated heterocycles. The van der Waals surface area contributed by atoms with Gasteiger partial charge in [-0.05, 0) is 44.9 Å². The van der Waals surface area contributed by atoms with Crippen molar-refractivity contribution in [1.82, 2.24) is 9.55 Å². The van der Waals surface area contributed by atoms with E-state index in [4.69, 9.17) is 14.6 Å². The third kappa shape index (κ3) is 3.58. The van der Waals surface area contributed by atoms with Crippen molar-refractivity contribution in [3.8, 4) is 11.4 Å². The maximum absolute atomic E-state index is 13.6. The van der Waals surface area contributed by atoms with Crippen LogP contribution in [0.1, 0.15) is 62.8 Å². The van der Waals surface area contributed by atoms with Crippen LogP contribution in [-0.4, -0.2) is 32.4 Å².